The van der Waals surface area contributed by atoms with Gasteiger partial charge in [0.05, 0.1) is 12.1 Å². The first-order valence-electron chi connectivity index (χ1n) is 7.75. The van der Waals surface area contributed by atoms with Crippen molar-refractivity contribution in [3.8, 4) is 11.5 Å². The lowest BCUT2D eigenvalue weighted by atomic mass is 10.2. The lowest BCUT2D eigenvalue weighted by Crippen LogP contribution is -2.21. The Balaban J connectivity index is 0.00000261. The highest BCUT2D eigenvalue weighted by molar-refractivity contribution is 7.13. The molecule has 0 unspecified atom stereocenters. The van der Waals surface area contributed by atoms with E-state index in [1.54, 1.807) is 29.6 Å². The fourth-order valence-electron chi connectivity index (χ4n) is 2.14. The molecule has 0 spiro atoms. The molecule has 1 heterocycles. The number of aromatic nitrogens is 1. The molecule has 0 aliphatic carbocycles. The molecule has 0 saturated heterocycles. The van der Waals surface area contributed by atoms with Gasteiger partial charge in [0.2, 0.25) is 11.0 Å². The van der Waals surface area contributed by atoms with E-state index in [2.05, 4.69) is 15.3 Å². The number of carbonyl (C=O) groups is 1. The zero-order valence-electron chi connectivity index (χ0n) is 14.2. The van der Waals surface area contributed by atoms with Crippen LogP contribution < -0.4 is 21.5 Å². The first kappa shape index (κ1) is 20.2. The maximum Gasteiger partial charge on any atom is 0.230 e. The van der Waals surface area contributed by atoms with Crippen molar-refractivity contribution in [3.63, 3.8) is 0 Å². The van der Waals surface area contributed by atoms with Crippen molar-refractivity contribution in [1.29, 1.82) is 0 Å². The molecule has 3 aromatic rings. The maximum absolute atomic E-state index is 12.1. The van der Waals surface area contributed by atoms with Crippen LogP contribution in [-0.2, 0) is 11.2 Å². The van der Waals surface area contributed by atoms with Gasteiger partial charge in [-0.25, -0.2) is 4.98 Å². The molecular weight excluding hydrogens is 386 g/mol. The Kier molecular flexibility index (Phi) is 7.16. The Morgan fingerprint density at radius 1 is 1.07 bits per heavy atom. The molecule has 0 aliphatic heterocycles. The minimum atomic E-state index is -0.178. The number of amides is 1. The Labute approximate surface area is 166 Å². The summed E-state index contributed by atoms with van der Waals surface area (Å²) < 4.78 is 5.71. The largest absolute Gasteiger partial charge is 0.457 e. The predicted octanol–water partition coefficient (Wildman–Crippen LogP) is 3.44. The second-order valence-electron chi connectivity index (χ2n) is 5.32. The molecule has 5 N–H and O–H groups in total. The van der Waals surface area contributed by atoms with Crippen LogP contribution in [0, 0.1) is 0 Å². The molecule has 0 atom stereocenters. The SMILES string of the molecule is Cl.NC(N)=Nc1nc(CC(=O)Nc2ccc(Oc3ccccc3)cc2)cs1. The van der Waals surface area contributed by atoms with Crippen LogP contribution in [0.5, 0.6) is 11.5 Å². The summed E-state index contributed by atoms with van der Waals surface area (Å²) in [7, 11) is 0. The number of halogens is 1. The van der Waals surface area contributed by atoms with Gasteiger partial charge < -0.3 is 21.5 Å². The van der Waals surface area contributed by atoms with Crippen molar-refractivity contribution >= 4 is 46.4 Å². The van der Waals surface area contributed by atoms with Gasteiger partial charge in [-0.3, -0.25) is 4.79 Å². The van der Waals surface area contributed by atoms with Gasteiger partial charge in [0.25, 0.3) is 0 Å². The van der Waals surface area contributed by atoms with Crippen LogP contribution in [0.4, 0.5) is 10.8 Å². The molecule has 1 aromatic heterocycles. The van der Waals surface area contributed by atoms with Gasteiger partial charge in [0.1, 0.15) is 11.5 Å². The van der Waals surface area contributed by atoms with Crippen LogP contribution in [0.15, 0.2) is 65.0 Å². The molecule has 0 saturated carbocycles. The summed E-state index contributed by atoms with van der Waals surface area (Å²) in [6.45, 7) is 0. The minimum Gasteiger partial charge on any atom is -0.457 e. The van der Waals surface area contributed by atoms with Crippen molar-refractivity contribution in [2.45, 2.75) is 6.42 Å². The molecule has 27 heavy (non-hydrogen) atoms. The van der Waals surface area contributed by atoms with Crippen molar-refractivity contribution < 1.29 is 9.53 Å². The monoisotopic (exact) mass is 403 g/mol. The highest BCUT2D eigenvalue weighted by Crippen LogP contribution is 2.23. The number of nitrogens with two attached hydrogens (primary N) is 2. The quantitative estimate of drug-likeness (QED) is 0.430. The number of rotatable bonds is 6. The van der Waals surface area contributed by atoms with Gasteiger partial charge in [0.15, 0.2) is 5.96 Å². The average Bonchev–Trinajstić information content (AvgIpc) is 3.03. The van der Waals surface area contributed by atoms with E-state index in [-0.39, 0.29) is 30.7 Å². The van der Waals surface area contributed by atoms with Gasteiger partial charge in [-0.2, -0.15) is 4.99 Å². The fourth-order valence-corrected chi connectivity index (χ4v) is 2.85. The lowest BCUT2D eigenvalue weighted by molar-refractivity contribution is -0.115. The Hall–Kier alpha value is -3.10. The molecule has 0 bridgehead atoms. The first-order valence-corrected chi connectivity index (χ1v) is 8.63. The molecule has 7 nitrogen and oxygen atoms in total. The molecule has 0 aliphatic rings. The third kappa shape index (κ3) is 6.28. The van der Waals surface area contributed by atoms with Crippen LogP contribution in [0.1, 0.15) is 5.69 Å². The summed E-state index contributed by atoms with van der Waals surface area (Å²) in [5.74, 6) is 1.21. The predicted molar refractivity (Wildman–Crippen MR) is 110 cm³/mol. The number of aliphatic imine (C=N–C) groups is 1. The van der Waals surface area contributed by atoms with Gasteiger partial charge in [-0.1, -0.05) is 18.2 Å². The van der Waals surface area contributed by atoms with Crippen LogP contribution >= 0.6 is 23.7 Å². The van der Waals surface area contributed by atoms with E-state index >= 15 is 0 Å². The molecule has 9 heteroatoms. The smallest absolute Gasteiger partial charge is 0.230 e. The number of anilines is 1. The number of nitrogens with zero attached hydrogens (tertiary/aromatic N) is 2. The number of guanidine groups is 1. The number of thiazole rings is 1. The second-order valence-corrected chi connectivity index (χ2v) is 6.16. The topological polar surface area (TPSA) is 116 Å². The lowest BCUT2D eigenvalue weighted by Gasteiger charge is -2.07. The van der Waals surface area contributed by atoms with E-state index in [4.69, 9.17) is 16.2 Å². The zero-order valence-corrected chi connectivity index (χ0v) is 15.8. The van der Waals surface area contributed by atoms with Crippen LogP contribution in [0.3, 0.4) is 0 Å². The van der Waals surface area contributed by atoms with Gasteiger partial charge in [-0.15, -0.1) is 23.7 Å². The van der Waals surface area contributed by atoms with E-state index in [1.807, 2.05) is 30.3 Å². The van der Waals surface area contributed by atoms with Gasteiger partial charge in [-0.05, 0) is 36.4 Å². The van der Waals surface area contributed by atoms with E-state index in [1.165, 1.54) is 11.3 Å². The van der Waals surface area contributed by atoms with Gasteiger partial charge >= 0.3 is 0 Å². The molecule has 1 amide bonds. The first-order chi connectivity index (χ1) is 12.6. The van der Waals surface area contributed by atoms with Crippen molar-refractivity contribution in [2.75, 3.05) is 5.32 Å². The summed E-state index contributed by atoms with van der Waals surface area (Å²) in [5.41, 5.74) is 11.9. The molecule has 140 valence electrons. The summed E-state index contributed by atoms with van der Waals surface area (Å²) in [4.78, 5) is 20.2. The summed E-state index contributed by atoms with van der Waals surface area (Å²) in [6.07, 6.45) is 0.138. The van der Waals surface area contributed by atoms with Crippen molar-refractivity contribution in [2.24, 2.45) is 16.5 Å². The van der Waals surface area contributed by atoms with Crippen LogP contribution in [-0.4, -0.2) is 16.9 Å². The normalized spacial score (nSPS) is 9.78. The summed E-state index contributed by atoms with van der Waals surface area (Å²) in [5, 5.41) is 4.99. The van der Waals surface area contributed by atoms with Crippen LogP contribution in [0.2, 0.25) is 0 Å². The van der Waals surface area contributed by atoms with Crippen molar-refractivity contribution in [1.82, 2.24) is 4.98 Å². The Morgan fingerprint density at radius 3 is 2.41 bits per heavy atom. The number of nitrogens with one attached hydrogen (secondary N) is 1. The summed E-state index contributed by atoms with van der Waals surface area (Å²) in [6, 6.07) is 16.6. The number of carbonyl (C=O) groups excluding carboxylic acids is 1. The van der Waals surface area contributed by atoms with Gasteiger partial charge in [0, 0.05) is 11.1 Å². The zero-order chi connectivity index (χ0) is 18.4. The molecular formula is C18H18ClN5O2S. The second kappa shape index (κ2) is 9.56. The van der Waals surface area contributed by atoms with E-state index < -0.39 is 0 Å². The third-order valence-electron chi connectivity index (χ3n) is 3.22. The number of benzene rings is 2. The molecule has 0 fully saturated rings. The highest BCUT2D eigenvalue weighted by atomic mass is 35.5. The molecule has 3 rings (SSSR count). The minimum absolute atomic E-state index is 0. The third-order valence-corrected chi connectivity index (χ3v) is 4.01. The number of para-hydroxylation sites is 1. The van der Waals surface area contributed by atoms with E-state index in [0.29, 0.717) is 22.3 Å². The van der Waals surface area contributed by atoms with Crippen molar-refractivity contribution in [3.05, 3.63) is 65.7 Å². The Morgan fingerprint density at radius 2 is 1.74 bits per heavy atom. The maximum atomic E-state index is 12.1. The van der Waals surface area contributed by atoms with Crippen LogP contribution in [0.25, 0.3) is 0 Å². The number of hydrogen-bond donors (Lipinski definition) is 3. The fraction of sp³-hybridized carbons (Fsp3) is 0.0556. The molecule has 2 aromatic carbocycles. The highest BCUT2D eigenvalue weighted by Gasteiger charge is 2.08. The standard InChI is InChI=1S/C18H17N5O2S.ClH/c19-17(20)23-18-22-13(11-26-18)10-16(24)21-12-6-8-15(9-7-12)25-14-4-2-1-3-5-14;/h1-9,11H,10H2,(H,21,24)(H4,19,20,22,23);1H. The summed E-state index contributed by atoms with van der Waals surface area (Å²) >= 11 is 1.27. The number of ether oxygens (including phenoxy) is 1. The van der Waals surface area contributed by atoms with E-state index in [0.717, 1.165) is 5.75 Å². The Bertz CT molecular complexity index is 909. The van der Waals surface area contributed by atoms with E-state index in [9.17, 15) is 4.79 Å². The average molecular weight is 404 g/mol. The molecule has 0 radical (unpaired) electrons. The number of hydrogen-bond acceptors (Lipinski definition) is 5.